The first kappa shape index (κ1) is 12.4. The molecular formula is C13H15ClN2S. The molecule has 0 bridgehead atoms. The molecule has 90 valence electrons. The molecule has 0 aliphatic heterocycles. The molecule has 0 saturated carbocycles. The molecule has 4 heteroatoms. The number of nitrogens with zero attached hydrogens (tertiary/aromatic N) is 1. The number of thiazole rings is 1. The molecule has 0 amide bonds. The molecule has 17 heavy (non-hydrogen) atoms. The minimum absolute atomic E-state index is 0.223. The molecule has 0 aliphatic rings. The Morgan fingerprint density at radius 2 is 2.12 bits per heavy atom. The summed E-state index contributed by atoms with van der Waals surface area (Å²) < 4.78 is 0. The zero-order valence-electron chi connectivity index (χ0n) is 10.1. The van der Waals surface area contributed by atoms with Gasteiger partial charge in [-0.3, -0.25) is 0 Å². The maximum atomic E-state index is 6.20. The van der Waals surface area contributed by atoms with Gasteiger partial charge in [0.2, 0.25) is 0 Å². The second-order valence-electron chi connectivity index (χ2n) is 4.10. The highest BCUT2D eigenvalue weighted by molar-refractivity contribution is 7.09. The van der Waals surface area contributed by atoms with Crippen LogP contribution < -0.4 is 5.32 Å². The number of rotatable bonds is 3. The Labute approximate surface area is 111 Å². The van der Waals surface area contributed by atoms with Gasteiger partial charge in [0, 0.05) is 4.88 Å². The van der Waals surface area contributed by atoms with Crippen LogP contribution >= 0.6 is 22.9 Å². The van der Waals surface area contributed by atoms with Gasteiger partial charge in [0.15, 0.2) is 0 Å². The van der Waals surface area contributed by atoms with E-state index in [1.807, 2.05) is 24.6 Å². The minimum atomic E-state index is 0.223. The van der Waals surface area contributed by atoms with Crippen LogP contribution in [0.3, 0.4) is 0 Å². The summed E-state index contributed by atoms with van der Waals surface area (Å²) >= 11 is 7.87. The number of para-hydroxylation sites is 1. The normalized spacial score (nSPS) is 12.5. The standard InChI is InChI=1S/C13H15ClN2S/c1-8-5-4-6-11(14)12(8)16-10(3)13-9(2)15-7-17-13/h4-7,10,16H,1-3H3. The fraction of sp³-hybridized carbons (Fsp3) is 0.308. The summed E-state index contributed by atoms with van der Waals surface area (Å²) in [7, 11) is 0. The van der Waals surface area contributed by atoms with Gasteiger partial charge in [-0.05, 0) is 32.4 Å². The monoisotopic (exact) mass is 266 g/mol. The van der Waals surface area contributed by atoms with Crippen molar-refractivity contribution in [1.82, 2.24) is 4.98 Å². The fourth-order valence-corrected chi connectivity index (χ4v) is 2.91. The lowest BCUT2D eigenvalue weighted by Crippen LogP contribution is -2.07. The van der Waals surface area contributed by atoms with Gasteiger partial charge in [-0.25, -0.2) is 4.98 Å². The van der Waals surface area contributed by atoms with Crippen molar-refractivity contribution >= 4 is 28.6 Å². The largest absolute Gasteiger partial charge is 0.376 e. The van der Waals surface area contributed by atoms with E-state index in [0.29, 0.717) is 0 Å². The molecule has 2 nitrogen and oxygen atoms in total. The summed E-state index contributed by atoms with van der Waals surface area (Å²) in [6.45, 7) is 6.22. The van der Waals surface area contributed by atoms with Crippen LogP contribution in [0.25, 0.3) is 0 Å². The van der Waals surface area contributed by atoms with Crippen molar-refractivity contribution in [3.8, 4) is 0 Å². The van der Waals surface area contributed by atoms with E-state index >= 15 is 0 Å². The lowest BCUT2D eigenvalue weighted by molar-refractivity contribution is 0.888. The summed E-state index contributed by atoms with van der Waals surface area (Å²) in [5.74, 6) is 0. The lowest BCUT2D eigenvalue weighted by atomic mass is 10.1. The molecule has 2 aromatic rings. The Morgan fingerprint density at radius 1 is 1.35 bits per heavy atom. The van der Waals surface area contributed by atoms with Crippen LogP contribution in [-0.2, 0) is 0 Å². The highest BCUT2D eigenvalue weighted by atomic mass is 35.5. The first-order valence-electron chi connectivity index (χ1n) is 5.51. The third kappa shape index (κ3) is 2.61. The smallest absolute Gasteiger partial charge is 0.0798 e. The summed E-state index contributed by atoms with van der Waals surface area (Å²) in [6, 6.07) is 6.15. The maximum Gasteiger partial charge on any atom is 0.0798 e. The van der Waals surface area contributed by atoms with E-state index in [1.54, 1.807) is 11.3 Å². The number of hydrogen-bond donors (Lipinski definition) is 1. The maximum absolute atomic E-state index is 6.20. The first-order chi connectivity index (χ1) is 8.09. The van der Waals surface area contributed by atoms with E-state index in [0.717, 1.165) is 22.0 Å². The molecule has 0 saturated heterocycles. The summed E-state index contributed by atoms with van der Waals surface area (Å²) in [4.78, 5) is 5.52. The van der Waals surface area contributed by atoms with Crippen molar-refractivity contribution in [1.29, 1.82) is 0 Å². The van der Waals surface area contributed by atoms with Crippen molar-refractivity contribution < 1.29 is 0 Å². The van der Waals surface area contributed by atoms with Crippen molar-refractivity contribution in [3.05, 3.63) is 44.9 Å². The molecule has 0 aliphatic carbocycles. The number of hydrogen-bond acceptors (Lipinski definition) is 3. The number of halogens is 1. The first-order valence-corrected chi connectivity index (χ1v) is 6.77. The summed E-state index contributed by atoms with van der Waals surface area (Å²) in [5.41, 5.74) is 5.13. The van der Waals surface area contributed by atoms with Crippen LogP contribution in [-0.4, -0.2) is 4.98 Å². The minimum Gasteiger partial charge on any atom is -0.376 e. The predicted octanol–water partition coefficient (Wildman–Crippen LogP) is 4.59. The number of benzene rings is 1. The van der Waals surface area contributed by atoms with E-state index in [2.05, 4.69) is 30.2 Å². The molecule has 0 spiro atoms. The van der Waals surface area contributed by atoms with Gasteiger partial charge >= 0.3 is 0 Å². The number of nitrogens with one attached hydrogen (secondary N) is 1. The van der Waals surface area contributed by atoms with Crippen molar-refractivity contribution in [3.63, 3.8) is 0 Å². The molecule has 0 fully saturated rings. The molecule has 1 atom stereocenters. The van der Waals surface area contributed by atoms with Gasteiger partial charge in [-0.15, -0.1) is 11.3 Å². The second kappa shape index (κ2) is 5.07. The second-order valence-corrected chi connectivity index (χ2v) is 5.39. The van der Waals surface area contributed by atoms with Crippen LogP contribution in [0.15, 0.2) is 23.7 Å². The average Bonchev–Trinajstić information content (AvgIpc) is 2.70. The van der Waals surface area contributed by atoms with Crippen LogP contribution in [0.2, 0.25) is 5.02 Å². The van der Waals surface area contributed by atoms with E-state index in [-0.39, 0.29) is 6.04 Å². The Kier molecular flexibility index (Phi) is 3.69. The summed E-state index contributed by atoms with van der Waals surface area (Å²) in [6.07, 6.45) is 0. The van der Waals surface area contributed by atoms with Crippen molar-refractivity contribution in [2.45, 2.75) is 26.8 Å². The number of aryl methyl sites for hydroxylation is 2. The highest BCUT2D eigenvalue weighted by Gasteiger charge is 2.13. The van der Waals surface area contributed by atoms with E-state index < -0.39 is 0 Å². The molecule has 2 rings (SSSR count). The van der Waals surface area contributed by atoms with E-state index in [1.165, 1.54) is 4.88 Å². The van der Waals surface area contributed by atoms with Crippen LogP contribution in [0, 0.1) is 13.8 Å². The molecular weight excluding hydrogens is 252 g/mol. The number of aromatic nitrogens is 1. The number of anilines is 1. The molecule has 1 unspecified atom stereocenters. The zero-order chi connectivity index (χ0) is 12.4. The lowest BCUT2D eigenvalue weighted by Gasteiger charge is -2.17. The summed E-state index contributed by atoms with van der Waals surface area (Å²) in [5, 5.41) is 4.22. The van der Waals surface area contributed by atoms with Gasteiger partial charge in [-0.2, -0.15) is 0 Å². The Hall–Kier alpha value is -1.06. The average molecular weight is 267 g/mol. The van der Waals surface area contributed by atoms with E-state index in [9.17, 15) is 0 Å². The molecule has 1 aromatic heterocycles. The van der Waals surface area contributed by atoms with Crippen molar-refractivity contribution in [2.75, 3.05) is 5.32 Å². The van der Waals surface area contributed by atoms with Crippen LogP contribution in [0.4, 0.5) is 5.69 Å². The SMILES string of the molecule is Cc1cccc(Cl)c1NC(C)c1scnc1C. The molecule has 1 aromatic carbocycles. The van der Waals surface area contributed by atoms with Gasteiger partial charge in [0.25, 0.3) is 0 Å². The van der Waals surface area contributed by atoms with Crippen molar-refractivity contribution in [2.24, 2.45) is 0 Å². The quantitative estimate of drug-likeness (QED) is 0.879. The van der Waals surface area contributed by atoms with Gasteiger partial charge in [0.05, 0.1) is 28.0 Å². The fourth-order valence-electron chi connectivity index (χ4n) is 1.82. The van der Waals surface area contributed by atoms with Gasteiger partial charge < -0.3 is 5.32 Å². The highest BCUT2D eigenvalue weighted by Crippen LogP contribution is 2.31. The molecule has 1 heterocycles. The molecule has 1 N–H and O–H groups in total. The third-order valence-corrected chi connectivity index (χ3v) is 4.19. The predicted molar refractivity (Wildman–Crippen MR) is 75.1 cm³/mol. The van der Waals surface area contributed by atoms with Gasteiger partial charge in [0.1, 0.15) is 0 Å². The third-order valence-electron chi connectivity index (χ3n) is 2.76. The Morgan fingerprint density at radius 3 is 2.71 bits per heavy atom. The van der Waals surface area contributed by atoms with Crippen LogP contribution in [0.1, 0.15) is 29.1 Å². The topological polar surface area (TPSA) is 24.9 Å². The zero-order valence-corrected chi connectivity index (χ0v) is 11.7. The van der Waals surface area contributed by atoms with E-state index in [4.69, 9.17) is 11.6 Å². The molecule has 0 radical (unpaired) electrons. The van der Waals surface area contributed by atoms with Crippen LogP contribution in [0.5, 0.6) is 0 Å². The Balaban J connectivity index is 2.25. The Bertz CT molecular complexity index is 502. The van der Waals surface area contributed by atoms with Gasteiger partial charge in [-0.1, -0.05) is 23.7 Å².